The fourth-order valence-electron chi connectivity index (χ4n) is 2.82. The molecule has 5 nitrogen and oxygen atoms in total. The first kappa shape index (κ1) is 18.5. The molecule has 0 saturated carbocycles. The van der Waals surface area contributed by atoms with Crippen LogP contribution in [0.2, 0.25) is 5.02 Å². The van der Waals surface area contributed by atoms with Gasteiger partial charge in [0.2, 0.25) is 5.91 Å². The first-order valence-corrected chi connectivity index (χ1v) is 9.08. The summed E-state index contributed by atoms with van der Waals surface area (Å²) in [5.74, 6) is 1.41. The Kier molecular flexibility index (Phi) is 6.01. The van der Waals surface area contributed by atoms with Gasteiger partial charge in [0.05, 0.1) is 12.6 Å². The van der Waals surface area contributed by atoms with Gasteiger partial charge in [0.15, 0.2) is 11.5 Å². The number of rotatable bonds is 6. The Balaban J connectivity index is 1.52. The number of halogens is 1. The number of nitrogens with one attached hydrogen (secondary N) is 2. The molecule has 0 bridgehead atoms. The summed E-state index contributed by atoms with van der Waals surface area (Å²) in [6.07, 6.45) is 0. The quantitative estimate of drug-likeness (QED) is 0.810. The number of carbonyl (C=O) groups excluding carboxylic acids is 1. The number of fused-ring (bicyclic) bond motifs is 1. The van der Waals surface area contributed by atoms with E-state index in [0.717, 1.165) is 22.6 Å². The third-order valence-electron chi connectivity index (χ3n) is 4.38. The number of carbonyl (C=O) groups is 1. The lowest BCUT2D eigenvalue weighted by atomic mass is 10.1. The Labute approximate surface area is 158 Å². The number of amides is 1. The molecule has 2 N–H and O–H groups in total. The molecule has 1 amide bonds. The molecule has 3 rings (SSSR count). The number of hydrogen-bond acceptors (Lipinski definition) is 4. The van der Waals surface area contributed by atoms with Crippen LogP contribution in [-0.4, -0.2) is 25.7 Å². The van der Waals surface area contributed by atoms with Gasteiger partial charge in [0.25, 0.3) is 0 Å². The Morgan fingerprint density at radius 2 is 1.65 bits per heavy atom. The van der Waals surface area contributed by atoms with Crippen molar-refractivity contribution in [3.05, 3.63) is 58.6 Å². The van der Waals surface area contributed by atoms with E-state index in [9.17, 15) is 4.79 Å². The second-order valence-corrected chi connectivity index (χ2v) is 6.78. The molecule has 2 atom stereocenters. The highest BCUT2D eigenvalue weighted by atomic mass is 35.5. The Hall–Kier alpha value is -2.24. The summed E-state index contributed by atoms with van der Waals surface area (Å²) >= 11 is 5.90. The summed E-state index contributed by atoms with van der Waals surface area (Å²) < 4.78 is 11.1. The molecule has 6 heteroatoms. The molecule has 138 valence electrons. The zero-order valence-corrected chi connectivity index (χ0v) is 15.7. The van der Waals surface area contributed by atoms with Crippen LogP contribution in [-0.2, 0) is 4.79 Å². The van der Waals surface area contributed by atoms with Gasteiger partial charge >= 0.3 is 0 Å². The molecular formula is C20H23ClN2O3. The largest absolute Gasteiger partial charge is 0.486 e. The number of hydrogen-bond donors (Lipinski definition) is 2. The van der Waals surface area contributed by atoms with E-state index in [2.05, 4.69) is 10.6 Å². The molecule has 2 aromatic rings. The molecule has 1 aliphatic rings. The van der Waals surface area contributed by atoms with Gasteiger partial charge in [-0.05, 0) is 49.2 Å². The molecule has 1 aliphatic heterocycles. The summed E-state index contributed by atoms with van der Waals surface area (Å²) in [5, 5.41) is 6.93. The normalized spacial score (nSPS) is 15.2. The van der Waals surface area contributed by atoms with Crippen molar-refractivity contribution in [3.8, 4) is 11.5 Å². The Morgan fingerprint density at radius 1 is 1.00 bits per heavy atom. The van der Waals surface area contributed by atoms with E-state index in [-0.39, 0.29) is 24.5 Å². The van der Waals surface area contributed by atoms with Crippen molar-refractivity contribution in [2.45, 2.75) is 25.9 Å². The topological polar surface area (TPSA) is 59.6 Å². The van der Waals surface area contributed by atoms with E-state index in [0.29, 0.717) is 18.2 Å². The van der Waals surface area contributed by atoms with Gasteiger partial charge in [-0.1, -0.05) is 29.8 Å². The van der Waals surface area contributed by atoms with Gasteiger partial charge in [0, 0.05) is 11.1 Å². The van der Waals surface area contributed by atoms with Crippen LogP contribution in [0, 0.1) is 0 Å². The van der Waals surface area contributed by atoms with Crippen LogP contribution in [0.5, 0.6) is 11.5 Å². The summed E-state index contributed by atoms with van der Waals surface area (Å²) in [6, 6.07) is 13.3. The number of ether oxygens (including phenoxy) is 2. The average molecular weight is 375 g/mol. The molecule has 0 saturated heterocycles. The first-order chi connectivity index (χ1) is 12.5. The zero-order valence-electron chi connectivity index (χ0n) is 14.9. The van der Waals surface area contributed by atoms with Crippen molar-refractivity contribution in [3.63, 3.8) is 0 Å². The predicted octanol–water partition coefficient (Wildman–Crippen LogP) is 3.64. The predicted molar refractivity (Wildman–Crippen MR) is 102 cm³/mol. The third-order valence-corrected chi connectivity index (χ3v) is 4.63. The van der Waals surface area contributed by atoms with Crippen LogP contribution in [0.25, 0.3) is 0 Å². The van der Waals surface area contributed by atoms with Crippen molar-refractivity contribution in [2.75, 3.05) is 19.8 Å². The lowest BCUT2D eigenvalue weighted by Gasteiger charge is -2.21. The zero-order chi connectivity index (χ0) is 18.5. The van der Waals surface area contributed by atoms with Crippen molar-refractivity contribution >= 4 is 17.5 Å². The molecule has 0 spiro atoms. The second kappa shape index (κ2) is 8.43. The number of benzene rings is 2. The van der Waals surface area contributed by atoms with Crippen LogP contribution in [0.3, 0.4) is 0 Å². The second-order valence-electron chi connectivity index (χ2n) is 6.35. The van der Waals surface area contributed by atoms with E-state index in [1.165, 1.54) is 0 Å². The van der Waals surface area contributed by atoms with Crippen molar-refractivity contribution in [1.29, 1.82) is 0 Å². The highest BCUT2D eigenvalue weighted by Crippen LogP contribution is 2.32. The summed E-state index contributed by atoms with van der Waals surface area (Å²) in [6.45, 7) is 5.31. The maximum Gasteiger partial charge on any atom is 0.234 e. The molecule has 0 aliphatic carbocycles. The molecular weight excluding hydrogens is 352 g/mol. The van der Waals surface area contributed by atoms with Crippen LogP contribution in [0.15, 0.2) is 42.5 Å². The summed E-state index contributed by atoms with van der Waals surface area (Å²) in [5.41, 5.74) is 2.07. The average Bonchev–Trinajstić information content (AvgIpc) is 2.66. The van der Waals surface area contributed by atoms with Crippen LogP contribution < -0.4 is 20.1 Å². The maximum absolute atomic E-state index is 12.3. The Bertz CT molecular complexity index is 764. The van der Waals surface area contributed by atoms with E-state index in [1.807, 2.05) is 56.3 Å². The van der Waals surface area contributed by atoms with Crippen LogP contribution >= 0.6 is 11.6 Å². The van der Waals surface area contributed by atoms with E-state index in [1.54, 1.807) is 0 Å². The highest BCUT2D eigenvalue weighted by Gasteiger charge is 2.16. The van der Waals surface area contributed by atoms with Crippen molar-refractivity contribution in [2.24, 2.45) is 0 Å². The fourth-order valence-corrected chi connectivity index (χ4v) is 2.95. The minimum atomic E-state index is -0.119. The lowest BCUT2D eigenvalue weighted by molar-refractivity contribution is -0.121. The summed E-state index contributed by atoms with van der Waals surface area (Å²) in [4.78, 5) is 12.3. The molecule has 0 aromatic heterocycles. The van der Waals surface area contributed by atoms with Gasteiger partial charge in [-0.3, -0.25) is 4.79 Å². The Morgan fingerprint density at radius 3 is 2.38 bits per heavy atom. The first-order valence-electron chi connectivity index (χ1n) is 8.70. The monoisotopic (exact) mass is 374 g/mol. The standard InChI is InChI=1S/C20H23ClN2O3/c1-13(15-3-6-17(21)7-4-15)22-12-20(24)23-14(2)16-5-8-18-19(11-16)26-10-9-25-18/h3-8,11,13-14,22H,9-10,12H2,1-2H3,(H,23,24)/t13-,14+/m1/s1. The van der Waals surface area contributed by atoms with Gasteiger partial charge < -0.3 is 20.1 Å². The summed E-state index contributed by atoms with van der Waals surface area (Å²) in [7, 11) is 0. The smallest absolute Gasteiger partial charge is 0.234 e. The third kappa shape index (κ3) is 4.68. The SMILES string of the molecule is C[C@H](NC(=O)CN[C@H](C)c1ccc(Cl)cc1)c1ccc2c(c1)OCCO2. The molecule has 2 aromatic carbocycles. The van der Waals surface area contributed by atoms with Crippen LogP contribution in [0.4, 0.5) is 0 Å². The molecule has 26 heavy (non-hydrogen) atoms. The van der Waals surface area contributed by atoms with Crippen molar-refractivity contribution in [1.82, 2.24) is 10.6 Å². The lowest BCUT2D eigenvalue weighted by Crippen LogP contribution is -2.36. The van der Waals surface area contributed by atoms with E-state index in [4.69, 9.17) is 21.1 Å². The van der Waals surface area contributed by atoms with Crippen LogP contribution in [0.1, 0.15) is 37.1 Å². The molecule has 0 radical (unpaired) electrons. The van der Waals surface area contributed by atoms with Crippen molar-refractivity contribution < 1.29 is 14.3 Å². The molecule has 1 heterocycles. The molecule has 0 fully saturated rings. The van der Waals surface area contributed by atoms with Gasteiger partial charge in [-0.2, -0.15) is 0 Å². The van der Waals surface area contributed by atoms with E-state index < -0.39 is 0 Å². The highest BCUT2D eigenvalue weighted by molar-refractivity contribution is 6.30. The minimum Gasteiger partial charge on any atom is -0.486 e. The molecule has 0 unspecified atom stereocenters. The van der Waals surface area contributed by atoms with Gasteiger partial charge in [0.1, 0.15) is 13.2 Å². The van der Waals surface area contributed by atoms with Gasteiger partial charge in [-0.25, -0.2) is 0 Å². The van der Waals surface area contributed by atoms with E-state index >= 15 is 0 Å². The maximum atomic E-state index is 12.3. The minimum absolute atomic E-state index is 0.0580. The fraction of sp³-hybridized carbons (Fsp3) is 0.350. The van der Waals surface area contributed by atoms with Gasteiger partial charge in [-0.15, -0.1) is 0 Å².